The number of hydrogen-bond acceptors (Lipinski definition) is 5. The fraction of sp³-hybridized carbons (Fsp3) is 0.154. The maximum atomic E-state index is 13.8. The molecule has 3 aliphatic carbocycles. The smallest absolute Gasteiger partial charge is 0.239 e. The summed E-state index contributed by atoms with van der Waals surface area (Å²) in [7, 11) is 0. The van der Waals surface area contributed by atoms with Crippen LogP contribution in [0.2, 0.25) is 0 Å². The zero-order valence-electron chi connectivity index (χ0n) is 16.7. The molecule has 1 saturated heterocycles. The molecule has 1 heterocycles. The van der Waals surface area contributed by atoms with Crippen LogP contribution in [0.25, 0.3) is 0 Å². The second-order valence-corrected chi connectivity index (χ2v) is 8.49. The first-order valence-corrected chi connectivity index (χ1v) is 10.3. The van der Waals surface area contributed by atoms with Gasteiger partial charge in [-0.05, 0) is 39.9 Å². The van der Waals surface area contributed by atoms with Crippen LogP contribution in [0.15, 0.2) is 72.8 Å². The molecular weight excluding hydrogens is 406 g/mol. The number of hydrogen-bond donors (Lipinski definition) is 0. The summed E-state index contributed by atoms with van der Waals surface area (Å²) < 4.78 is 0. The number of anilines is 1. The Morgan fingerprint density at radius 2 is 1.41 bits per heavy atom. The quantitative estimate of drug-likeness (QED) is 0.474. The monoisotopic (exact) mass is 422 g/mol. The highest BCUT2D eigenvalue weighted by Gasteiger charge is 2.68. The van der Waals surface area contributed by atoms with Gasteiger partial charge in [-0.1, -0.05) is 60.7 Å². The van der Waals surface area contributed by atoms with Gasteiger partial charge >= 0.3 is 0 Å². The summed E-state index contributed by atoms with van der Waals surface area (Å²) in [6, 6.07) is 20.5. The van der Waals surface area contributed by atoms with Gasteiger partial charge in [0.05, 0.1) is 28.9 Å². The predicted molar refractivity (Wildman–Crippen MR) is 112 cm³/mol. The van der Waals surface area contributed by atoms with Gasteiger partial charge in [0.1, 0.15) is 6.29 Å². The second kappa shape index (κ2) is 6.23. The number of rotatable bonds is 3. The van der Waals surface area contributed by atoms with Gasteiger partial charge in [-0.2, -0.15) is 0 Å². The van der Waals surface area contributed by atoms with Gasteiger partial charge in [-0.25, -0.2) is 4.90 Å². The summed E-state index contributed by atoms with van der Waals surface area (Å²) in [6.45, 7) is 0. The van der Waals surface area contributed by atoms with Crippen molar-refractivity contribution in [1.29, 1.82) is 0 Å². The van der Waals surface area contributed by atoms with E-state index < -0.39 is 29.1 Å². The second-order valence-electron chi connectivity index (χ2n) is 8.49. The minimum Gasteiger partial charge on any atom is -0.545 e. The van der Waals surface area contributed by atoms with Crippen molar-refractivity contribution in [3.05, 3.63) is 101 Å². The molecule has 0 spiro atoms. The Labute approximate surface area is 183 Å². The molecule has 2 atom stereocenters. The maximum Gasteiger partial charge on any atom is 0.239 e. The molecule has 6 heteroatoms. The Morgan fingerprint density at radius 1 is 0.844 bits per heavy atom. The molecule has 0 radical (unpaired) electrons. The van der Waals surface area contributed by atoms with Crippen LogP contribution in [-0.2, 0) is 19.8 Å². The minimum atomic E-state index is -1.34. The molecule has 6 nitrogen and oxygen atoms in total. The summed E-state index contributed by atoms with van der Waals surface area (Å²) in [5, 5.41) is 11.1. The number of carboxylic acid groups (broad SMARTS) is 1. The first kappa shape index (κ1) is 18.7. The van der Waals surface area contributed by atoms with Gasteiger partial charge in [0.25, 0.3) is 0 Å². The zero-order valence-corrected chi connectivity index (χ0v) is 16.7. The molecule has 1 fully saturated rings. The molecule has 2 bridgehead atoms. The number of benzene rings is 3. The van der Waals surface area contributed by atoms with Crippen LogP contribution in [0, 0.1) is 11.8 Å². The van der Waals surface area contributed by atoms with E-state index in [0.29, 0.717) is 0 Å². The number of amides is 2. The zero-order chi connectivity index (χ0) is 22.2. The van der Waals surface area contributed by atoms with Gasteiger partial charge in [0.15, 0.2) is 0 Å². The summed E-state index contributed by atoms with van der Waals surface area (Å²) in [4.78, 5) is 52.5. The lowest BCUT2D eigenvalue weighted by Gasteiger charge is -2.51. The Balaban J connectivity index is 1.58. The lowest BCUT2D eigenvalue weighted by Crippen LogP contribution is -2.54. The molecule has 32 heavy (non-hydrogen) atoms. The molecule has 0 N–H and O–H groups in total. The lowest BCUT2D eigenvalue weighted by molar-refractivity contribution is -0.255. The Morgan fingerprint density at radius 3 is 1.94 bits per heavy atom. The number of nitrogens with zero attached hydrogens (tertiary/aromatic N) is 1. The van der Waals surface area contributed by atoms with Crippen molar-refractivity contribution < 1.29 is 24.3 Å². The average molecular weight is 422 g/mol. The van der Waals surface area contributed by atoms with Gasteiger partial charge in [-0.15, -0.1) is 0 Å². The highest BCUT2D eigenvalue weighted by atomic mass is 16.4. The Bertz CT molecular complexity index is 1290. The largest absolute Gasteiger partial charge is 0.545 e. The molecule has 3 aromatic carbocycles. The van der Waals surface area contributed by atoms with E-state index in [9.17, 15) is 24.3 Å². The van der Waals surface area contributed by atoms with E-state index in [4.69, 9.17) is 0 Å². The molecule has 156 valence electrons. The molecule has 0 aromatic heterocycles. The third kappa shape index (κ3) is 2.04. The third-order valence-electron chi connectivity index (χ3n) is 7.23. The van der Waals surface area contributed by atoms with E-state index in [2.05, 4.69) is 0 Å². The topological polar surface area (TPSA) is 94.6 Å². The first-order chi connectivity index (χ1) is 15.5. The lowest BCUT2D eigenvalue weighted by atomic mass is 9.48. The van der Waals surface area contributed by atoms with Crippen molar-refractivity contribution in [3.8, 4) is 0 Å². The number of carbonyl (C=O) groups excluding carboxylic acids is 4. The van der Waals surface area contributed by atoms with E-state index >= 15 is 0 Å². The molecule has 2 amide bonds. The van der Waals surface area contributed by atoms with E-state index in [-0.39, 0.29) is 23.1 Å². The molecular formula is C26H16NO5-. The van der Waals surface area contributed by atoms with Crippen LogP contribution in [0.3, 0.4) is 0 Å². The van der Waals surface area contributed by atoms with Gasteiger partial charge < -0.3 is 14.7 Å². The summed E-state index contributed by atoms with van der Waals surface area (Å²) in [5.41, 5.74) is 2.33. The normalized spacial score (nSPS) is 27.0. The minimum absolute atomic E-state index is 0.0468. The summed E-state index contributed by atoms with van der Waals surface area (Å²) >= 11 is 0. The first-order valence-electron chi connectivity index (χ1n) is 10.3. The summed E-state index contributed by atoms with van der Waals surface area (Å²) in [5.74, 6) is -4.06. The molecule has 3 aromatic rings. The average Bonchev–Trinajstić information content (AvgIpc) is 3.10. The number of carboxylic acids is 1. The third-order valence-corrected chi connectivity index (χ3v) is 7.23. The highest BCUT2D eigenvalue weighted by molar-refractivity contribution is 6.24. The molecule has 0 saturated carbocycles. The number of aromatic carboxylic acids is 1. The van der Waals surface area contributed by atoms with E-state index in [1.165, 1.54) is 24.3 Å². The van der Waals surface area contributed by atoms with Crippen LogP contribution in [0.1, 0.15) is 38.5 Å². The fourth-order valence-electron chi connectivity index (χ4n) is 6.03. The maximum absolute atomic E-state index is 13.8. The molecule has 4 aliphatic rings. The number of imide groups is 1. The van der Waals surface area contributed by atoms with Crippen LogP contribution in [-0.4, -0.2) is 24.1 Å². The number of aldehydes is 1. The molecule has 1 aliphatic heterocycles. The standard InChI is InChI=1S/C26H17NO5/c28-13-26-18-7-3-1-5-16(18)20(17-6-2-4-8-19(17)26)21-22(26)24(30)27(23(21)29)15-11-9-14(10-12-15)25(31)32/h1-13,20-22H,(H,31,32)/p-1/t20?,21-,22-,26?/m1/s1. The SMILES string of the molecule is O=CC12c3ccccc3C(c3ccccc31)[C@H]1C(=O)N(c3ccc(C(=O)[O-])cc3)C(=O)[C@@H]12. The Hall–Kier alpha value is -4.06. The van der Waals surface area contributed by atoms with E-state index in [1.807, 2.05) is 48.5 Å². The van der Waals surface area contributed by atoms with Crippen LogP contribution in [0.4, 0.5) is 5.69 Å². The predicted octanol–water partition coefficient (Wildman–Crippen LogP) is 1.80. The van der Waals surface area contributed by atoms with Crippen molar-refractivity contribution in [2.45, 2.75) is 11.3 Å². The van der Waals surface area contributed by atoms with Crippen molar-refractivity contribution in [3.63, 3.8) is 0 Å². The van der Waals surface area contributed by atoms with Crippen LogP contribution < -0.4 is 10.0 Å². The van der Waals surface area contributed by atoms with Crippen molar-refractivity contribution >= 4 is 29.8 Å². The van der Waals surface area contributed by atoms with Crippen LogP contribution in [0.5, 0.6) is 0 Å². The van der Waals surface area contributed by atoms with Gasteiger partial charge in [-0.3, -0.25) is 9.59 Å². The van der Waals surface area contributed by atoms with Crippen molar-refractivity contribution in [2.24, 2.45) is 11.8 Å². The molecule has 7 rings (SSSR count). The fourth-order valence-corrected chi connectivity index (χ4v) is 6.03. The van der Waals surface area contributed by atoms with E-state index in [1.54, 1.807) is 0 Å². The highest BCUT2D eigenvalue weighted by Crippen LogP contribution is 2.63. The van der Waals surface area contributed by atoms with Crippen LogP contribution >= 0.6 is 0 Å². The van der Waals surface area contributed by atoms with Gasteiger partial charge in [0, 0.05) is 5.92 Å². The summed E-state index contributed by atoms with van der Waals surface area (Å²) in [6.07, 6.45) is 0.825. The number of carbonyl (C=O) groups is 4. The van der Waals surface area contributed by atoms with Crippen molar-refractivity contribution in [2.75, 3.05) is 4.90 Å². The van der Waals surface area contributed by atoms with Gasteiger partial charge in [0.2, 0.25) is 11.8 Å². The van der Waals surface area contributed by atoms with E-state index in [0.717, 1.165) is 33.4 Å². The Kier molecular flexibility index (Phi) is 3.64. The molecule has 0 unspecified atom stereocenters. The van der Waals surface area contributed by atoms with Crippen molar-refractivity contribution in [1.82, 2.24) is 0 Å².